The Bertz CT molecular complexity index is 567. The van der Waals surface area contributed by atoms with E-state index in [0.717, 1.165) is 30.7 Å². The van der Waals surface area contributed by atoms with Crippen LogP contribution in [-0.4, -0.2) is 76.5 Å². The summed E-state index contributed by atoms with van der Waals surface area (Å²) in [5.74, 6) is 2.53. The predicted molar refractivity (Wildman–Crippen MR) is 102 cm³/mol. The summed E-state index contributed by atoms with van der Waals surface area (Å²) in [5, 5.41) is 11.5. The van der Waals surface area contributed by atoms with Crippen molar-refractivity contribution >= 4 is 36.0 Å². The Morgan fingerprint density at radius 3 is 2.38 bits per heavy atom. The minimum atomic E-state index is -0.246. The van der Waals surface area contributed by atoms with E-state index in [0.29, 0.717) is 26.2 Å². The van der Waals surface area contributed by atoms with Crippen LogP contribution in [0.15, 0.2) is 4.99 Å². The van der Waals surface area contributed by atoms with Gasteiger partial charge in [-0.15, -0.1) is 34.2 Å². The molecule has 0 spiro atoms. The molecule has 0 aromatic carbocycles. The summed E-state index contributed by atoms with van der Waals surface area (Å²) >= 11 is 0. The van der Waals surface area contributed by atoms with Crippen LogP contribution in [0.3, 0.4) is 0 Å². The number of carbonyl (C=O) groups is 1. The third-order valence-electron chi connectivity index (χ3n) is 3.90. The van der Waals surface area contributed by atoms with Crippen molar-refractivity contribution in [3.05, 3.63) is 11.6 Å². The zero-order chi connectivity index (χ0) is 16.8. The zero-order valence-electron chi connectivity index (χ0n) is 14.7. The Kier molecular flexibility index (Phi) is 8.22. The van der Waals surface area contributed by atoms with Gasteiger partial charge in [0.2, 0.25) is 0 Å². The molecule has 0 unspecified atom stereocenters. The van der Waals surface area contributed by atoms with Gasteiger partial charge < -0.3 is 24.4 Å². The SMILES string of the molecule is CCOC(=O)N1CCN(C(=NC)NCc2nnc(C)n2C)CC1.I. The Morgan fingerprint density at radius 1 is 1.25 bits per heavy atom. The number of ether oxygens (including phenoxy) is 1. The minimum absolute atomic E-state index is 0. The average Bonchev–Trinajstić information content (AvgIpc) is 2.88. The molecule has 2 heterocycles. The van der Waals surface area contributed by atoms with Crippen molar-refractivity contribution in [1.82, 2.24) is 29.9 Å². The number of rotatable bonds is 3. The summed E-state index contributed by atoms with van der Waals surface area (Å²) in [6.07, 6.45) is -0.246. The summed E-state index contributed by atoms with van der Waals surface area (Å²) in [4.78, 5) is 19.9. The normalized spacial score (nSPS) is 15.1. The number of amides is 1. The van der Waals surface area contributed by atoms with Crippen LogP contribution >= 0.6 is 24.0 Å². The first-order chi connectivity index (χ1) is 11.1. The van der Waals surface area contributed by atoms with E-state index in [1.165, 1.54) is 0 Å². The van der Waals surface area contributed by atoms with Crippen LogP contribution in [0.25, 0.3) is 0 Å². The number of piperazine rings is 1. The molecule has 0 saturated carbocycles. The van der Waals surface area contributed by atoms with Crippen molar-refractivity contribution < 1.29 is 9.53 Å². The Hall–Kier alpha value is -1.59. The highest BCUT2D eigenvalue weighted by atomic mass is 127. The van der Waals surface area contributed by atoms with Crippen LogP contribution in [0, 0.1) is 6.92 Å². The quantitative estimate of drug-likeness (QED) is 0.411. The lowest BCUT2D eigenvalue weighted by Crippen LogP contribution is -2.53. The van der Waals surface area contributed by atoms with Gasteiger partial charge in [0.25, 0.3) is 0 Å². The van der Waals surface area contributed by atoms with Gasteiger partial charge in [-0.25, -0.2) is 4.79 Å². The average molecular weight is 451 g/mol. The molecule has 136 valence electrons. The Balaban J connectivity index is 0.00000288. The molecule has 1 aromatic rings. The zero-order valence-corrected chi connectivity index (χ0v) is 17.0. The maximum atomic E-state index is 11.7. The maximum absolute atomic E-state index is 11.7. The standard InChI is InChI=1S/C14H25N7O2.HI/c1-5-23-14(22)21-8-6-20(7-9-21)13(15-3)16-10-12-18-17-11(2)19(12)4;/h5-10H2,1-4H3,(H,15,16);1H. The van der Waals surface area contributed by atoms with Gasteiger partial charge in [-0.1, -0.05) is 0 Å². The number of carbonyl (C=O) groups excluding carboxylic acids is 1. The maximum Gasteiger partial charge on any atom is 0.409 e. The number of nitrogens with one attached hydrogen (secondary N) is 1. The molecule has 0 radical (unpaired) electrons. The molecule has 1 N–H and O–H groups in total. The van der Waals surface area contributed by atoms with Crippen molar-refractivity contribution in [2.45, 2.75) is 20.4 Å². The summed E-state index contributed by atoms with van der Waals surface area (Å²) in [5.41, 5.74) is 0. The number of nitrogens with zero attached hydrogens (tertiary/aromatic N) is 6. The van der Waals surface area contributed by atoms with E-state index in [4.69, 9.17) is 4.74 Å². The van der Waals surface area contributed by atoms with Gasteiger partial charge in [0.1, 0.15) is 5.82 Å². The van der Waals surface area contributed by atoms with Crippen LogP contribution < -0.4 is 5.32 Å². The highest BCUT2D eigenvalue weighted by Gasteiger charge is 2.23. The van der Waals surface area contributed by atoms with E-state index in [1.807, 2.05) is 25.5 Å². The molecule has 0 aliphatic carbocycles. The van der Waals surface area contributed by atoms with Gasteiger partial charge in [-0.3, -0.25) is 4.99 Å². The summed E-state index contributed by atoms with van der Waals surface area (Å²) in [6.45, 7) is 7.38. The number of aliphatic imine (C=N–C) groups is 1. The first-order valence-corrected chi connectivity index (χ1v) is 7.79. The van der Waals surface area contributed by atoms with Crippen molar-refractivity contribution in [1.29, 1.82) is 0 Å². The molecular weight excluding hydrogens is 425 g/mol. The lowest BCUT2D eigenvalue weighted by atomic mass is 10.3. The molecule has 1 aliphatic heterocycles. The molecule has 2 rings (SSSR count). The highest BCUT2D eigenvalue weighted by molar-refractivity contribution is 14.0. The van der Waals surface area contributed by atoms with E-state index >= 15 is 0 Å². The molecule has 1 amide bonds. The third kappa shape index (κ3) is 4.95. The number of hydrogen-bond donors (Lipinski definition) is 1. The molecule has 1 aromatic heterocycles. The van der Waals surface area contributed by atoms with Gasteiger partial charge in [0.05, 0.1) is 13.2 Å². The van der Waals surface area contributed by atoms with Crippen LogP contribution in [0.2, 0.25) is 0 Å². The fraction of sp³-hybridized carbons (Fsp3) is 0.714. The second-order valence-corrected chi connectivity index (χ2v) is 5.30. The first kappa shape index (κ1) is 20.5. The molecular formula is C14H26IN7O2. The Labute approximate surface area is 159 Å². The highest BCUT2D eigenvalue weighted by Crippen LogP contribution is 2.05. The van der Waals surface area contributed by atoms with E-state index < -0.39 is 0 Å². The van der Waals surface area contributed by atoms with Crippen LogP contribution in [0.4, 0.5) is 4.79 Å². The fourth-order valence-electron chi connectivity index (χ4n) is 2.41. The van der Waals surface area contributed by atoms with Gasteiger partial charge >= 0.3 is 6.09 Å². The summed E-state index contributed by atoms with van der Waals surface area (Å²) in [7, 11) is 3.69. The van der Waals surface area contributed by atoms with Crippen molar-refractivity contribution in [3.8, 4) is 0 Å². The van der Waals surface area contributed by atoms with E-state index in [-0.39, 0.29) is 30.1 Å². The summed E-state index contributed by atoms with van der Waals surface area (Å²) in [6, 6.07) is 0. The molecule has 1 saturated heterocycles. The summed E-state index contributed by atoms with van der Waals surface area (Å²) < 4.78 is 6.97. The minimum Gasteiger partial charge on any atom is -0.450 e. The number of hydrogen-bond acceptors (Lipinski definition) is 5. The molecule has 1 aliphatic rings. The van der Waals surface area contributed by atoms with Gasteiger partial charge in [-0.2, -0.15) is 0 Å². The smallest absolute Gasteiger partial charge is 0.409 e. The number of aromatic nitrogens is 3. The van der Waals surface area contributed by atoms with E-state index in [2.05, 4.69) is 25.4 Å². The van der Waals surface area contributed by atoms with Crippen LogP contribution in [0.5, 0.6) is 0 Å². The second kappa shape index (κ2) is 9.64. The predicted octanol–water partition coefficient (Wildman–Crippen LogP) is 0.591. The number of guanidine groups is 1. The molecule has 10 heteroatoms. The van der Waals surface area contributed by atoms with E-state index in [1.54, 1.807) is 11.9 Å². The van der Waals surface area contributed by atoms with Crippen molar-refractivity contribution in [3.63, 3.8) is 0 Å². The van der Waals surface area contributed by atoms with E-state index in [9.17, 15) is 4.79 Å². The van der Waals surface area contributed by atoms with Gasteiger partial charge in [0, 0.05) is 40.3 Å². The first-order valence-electron chi connectivity index (χ1n) is 7.79. The lowest BCUT2D eigenvalue weighted by Gasteiger charge is -2.35. The Morgan fingerprint density at radius 2 is 1.88 bits per heavy atom. The number of halogens is 1. The van der Waals surface area contributed by atoms with Gasteiger partial charge in [-0.05, 0) is 13.8 Å². The third-order valence-corrected chi connectivity index (χ3v) is 3.90. The van der Waals surface area contributed by atoms with Gasteiger partial charge in [0.15, 0.2) is 11.8 Å². The largest absolute Gasteiger partial charge is 0.450 e. The lowest BCUT2D eigenvalue weighted by molar-refractivity contribution is 0.0914. The molecule has 24 heavy (non-hydrogen) atoms. The van der Waals surface area contributed by atoms with Crippen LogP contribution in [0.1, 0.15) is 18.6 Å². The second-order valence-electron chi connectivity index (χ2n) is 5.30. The number of aryl methyl sites for hydroxylation is 1. The molecule has 0 atom stereocenters. The molecule has 9 nitrogen and oxygen atoms in total. The topological polar surface area (TPSA) is 87.9 Å². The molecule has 1 fully saturated rings. The monoisotopic (exact) mass is 451 g/mol. The molecule has 0 bridgehead atoms. The van der Waals surface area contributed by atoms with Crippen molar-refractivity contribution in [2.75, 3.05) is 39.8 Å². The van der Waals surface area contributed by atoms with Crippen LogP contribution in [-0.2, 0) is 18.3 Å². The fourth-order valence-corrected chi connectivity index (χ4v) is 2.41. The van der Waals surface area contributed by atoms with Crippen molar-refractivity contribution in [2.24, 2.45) is 12.0 Å².